The minimum Gasteiger partial charge on any atom is -0.490 e. The maximum atomic E-state index is 12.8. The molecule has 4 N–H and O–H groups in total. The Balaban J connectivity index is 1.45. The van der Waals surface area contributed by atoms with Gasteiger partial charge < -0.3 is 20.3 Å². The number of carbonyl (C=O) groups is 2. The number of hydrogen-bond acceptors (Lipinski definition) is 8. The zero-order valence-electron chi connectivity index (χ0n) is 18.1. The molecule has 0 aliphatic heterocycles. The largest absolute Gasteiger partial charge is 0.490 e. The van der Waals surface area contributed by atoms with Gasteiger partial charge in [-0.05, 0) is 54.6 Å². The summed E-state index contributed by atoms with van der Waals surface area (Å²) < 4.78 is 31.0. The van der Waals surface area contributed by atoms with Crippen molar-refractivity contribution in [1.29, 1.82) is 0 Å². The van der Waals surface area contributed by atoms with E-state index in [2.05, 4.69) is 20.7 Å². The van der Waals surface area contributed by atoms with E-state index in [9.17, 15) is 28.2 Å². The van der Waals surface area contributed by atoms with E-state index in [1.54, 1.807) is 48.5 Å². The minimum absolute atomic E-state index is 0.222. The van der Waals surface area contributed by atoms with Crippen molar-refractivity contribution < 1.29 is 33.0 Å². The van der Waals surface area contributed by atoms with Crippen LogP contribution in [-0.4, -0.2) is 63.9 Å². The Morgan fingerprint density at radius 2 is 1.74 bits per heavy atom. The fourth-order valence-corrected chi connectivity index (χ4v) is 4.77. The maximum absolute atomic E-state index is 12.8. The number of fused-ring (bicyclic) bond motifs is 1. The molecule has 0 aliphatic rings. The van der Waals surface area contributed by atoms with Gasteiger partial charge in [0.1, 0.15) is 17.9 Å². The Labute approximate surface area is 199 Å². The first kappa shape index (κ1) is 23.9. The smallest absolute Gasteiger partial charge is 0.340 e. The molecule has 1 atom stereocenters. The van der Waals surface area contributed by atoms with E-state index in [0.717, 1.165) is 0 Å². The molecule has 0 radical (unpaired) electrons. The van der Waals surface area contributed by atoms with Gasteiger partial charge in [0.25, 0.3) is 5.91 Å². The topological polar surface area (TPSA) is 172 Å². The quantitative estimate of drug-likeness (QED) is 0.270. The second-order valence-corrected chi connectivity index (χ2v) is 9.71. The molecular formula is C23H20N4O7S. The normalized spacial score (nSPS) is 13.2. The molecule has 11 nitrogen and oxygen atoms in total. The first-order chi connectivity index (χ1) is 16.7. The third-order valence-electron chi connectivity index (χ3n) is 5.11. The summed E-state index contributed by atoms with van der Waals surface area (Å²) in [6.07, 6.45) is 0. The van der Waals surface area contributed by atoms with Gasteiger partial charge in [0, 0.05) is 11.3 Å². The van der Waals surface area contributed by atoms with E-state index in [-0.39, 0.29) is 10.6 Å². The van der Waals surface area contributed by atoms with Crippen molar-refractivity contribution in [2.75, 3.05) is 17.7 Å². The lowest BCUT2D eigenvalue weighted by Crippen LogP contribution is -2.50. The third-order valence-corrected chi connectivity index (χ3v) is 6.95. The molecule has 1 heterocycles. The SMILES string of the molecule is O=C(Nc1ccc(S(=O)(=O)CC(O)(COc2ccccc2)C(=O)O)cc1)c1ccc2nn[nH]c2c1. The molecule has 1 aromatic heterocycles. The molecule has 1 amide bonds. The second kappa shape index (κ2) is 9.52. The molecule has 0 bridgehead atoms. The van der Waals surface area contributed by atoms with Crippen molar-refractivity contribution in [3.8, 4) is 5.75 Å². The number of nitrogens with one attached hydrogen (secondary N) is 2. The number of sulfone groups is 1. The highest BCUT2D eigenvalue weighted by Gasteiger charge is 2.42. The molecule has 0 saturated carbocycles. The van der Waals surface area contributed by atoms with Crippen LogP contribution < -0.4 is 10.1 Å². The molecule has 35 heavy (non-hydrogen) atoms. The molecule has 180 valence electrons. The van der Waals surface area contributed by atoms with Crippen LogP contribution in [-0.2, 0) is 14.6 Å². The molecule has 0 fully saturated rings. The van der Waals surface area contributed by atoms with Gasteiger partial charge in [0.15, 0.2) is 9.84 Å². The van der Waals surface area contributed by atoms with Crippen molar-refractivity contribution in [3.05, 3.63) is 78.4 Å². The summed E-state index contributed by atoms with van der Waals surface area (Å²) in [5.74, 6) is -2.99. The molecule has 4 aromatic rings. The van der Waals surface area contributed by atoms with Crippen LogP contribution in [0.4, 0.5) is 5.69 Å². The van der Waals surface area contributed by atoms with E-state index in [1.165, 1.54) is 24.3 Å². The maximum Gasteiger partial charge on any atom is 0.340 e. The van der Waals surface area contributed by atoms with E-state index >= 15 is 0 Å². The number of carboxylic acid groups (broad SMARTS) is 1. The Kier molecular flexibility index (Phi) is 6.49. The van der Waals surface area contributed by atoms with Crippen LogP contribution in [0.25, 0.3) is 11.0 Å². The molecule has 1 unspecified atom stereocenters. The predicted octanol–water partition coefficient (Wildman–Crippen LogP) is 1.88. The number of aromatic amines is 1. The number of carbonyl (C=O) groups excluding carboxylic acids is 1. The van der Waals surface area contributed by atoms with E-state index in [0.29, 0.717) is 22.3 Å². The van der Waals surface area contributed by atoms with Crippen molar-refractivity contribution in [2.45, 2.75) is 10.5 Å². The number of aromatic nitrogens is 3. The molecule has 4 rings (SSSR count). The van der Waals surface area contributed by atoms with Crippen LogP contribution in [0, 0.1) is 0 Å². The van der Waals surface area contributed by atoms with Crippen molar-refractivity contribution in [3.63, 3.8) is 0 Å². The van der Waals surface area contributed by atoms with Crippen LogP contribution in [0.2, 0.25) is 0 Å². The number of H-pyrrole nitrogens is 1. The van der Waals surface area contributed by atoms with Crippen molar-refractivity contribution >= 4 is 38.4 Å². The highest BCUT2D eigenvalue weighted by Crippen LogP contribution is 2.22. The lowest BCUT2D eigenvalue weighted by atomic mass is 10.1. The number of anilines is 1. The Bertz CT molecular complexity index is 1470. The highest BCUT2D eigenvalue weighted by atomic mass is 32.2. The number of aliphatic carboxylic acids is 1. The molecule has 0 spiro atoms. The van der Waals surface area contributed by atoms with E-state index < -0.39 is 39.7 Å². The first-order valence-corrected chi connectivity index (χ1v) is 11.9. The lowest BCUT2D eigenvalue weighted by Gasteiger charge is -2.23. The number of rotatable bonds is 9. The molecule has 0 saturated heterocycles. The average Bonchev–Trinajstić information content (AvgIpc) is 3.31. The summed E-state index contributed by atoms with van der Waals surface area (Å²) in [6.45, 7) is -0.768. The summed E-state index contributed by atoms with van der Waals surface area (Å²) >= 11 is 0. The number of amides is 1. The fraction of sp³-hybridized carbons (Fsp3) is 0.130. The number of aliphatic hydroxyl groups is 1. The number of nitrogens with zero attached hydrogens (tertiary/aromatic N) is 2. The Morgan fingerprint density at radius 3 is 2.43 bits per heavy atom. The van der Waals surface area contributed by atoms with Gasteiger partial charge in [-0.2, -0.15) is 0 Å². The molecule has 12 heteroatoms. The number of ether oxygens (including phenoxy) is 1. The fourth-order valence-electron chi connectivity index (χ4n) is 3.22. The summed E-state index contributed by atoms with van der Waals surface area (Å²) in [5, 5.41) is 32.8. The van der Waals surface area contributed by atoms with Crippen LogP contribution in [0.1, 0.15) is 10.4 Å². The zero-order valence-corrected chi connectivity index (χ0v) is 18.9. The van der Waals surface area contributed by atoms with Gasteiger partial charge in [-0.25, -0.2) is 13.2 Å². The lowest BCUT2D eigenvalue weighted by molar-refractivity contribution is -0.158. The van der Waals surface area contributed by atoms with Crippen LogP contribution in [0.3, 0.4) is 0 Å². The predicted molar refractivity (Wildman–Crippen MR) is 125 cm³/mol. The zero-order chi connectivity index (χ0) is 25.1. The third kappa shape index (κ3) is 5.45. The van der Waals surface area contributed by atoms with Gasteiger partial charge in [-0.15, -0.1) is 5.10 Å². The van der Waals surface area contributed by atoms with E-state index in [4.69, 9.17) is 4.74 Å². The number of benzene rings is 3. The van der Waals surface area contributed by atoms with Gasteiger partial charge in [0.05, 0.1) is 16.2 Å². The van der Waals surface area contributed by atoms with Gasteiger partial charge >= 0.3 is 5.97 Å². The van der Waals surface area contributed by atoms with E-state index in [1.807, 2.05) is 0 Å². The summed E-state index contributed by atoms with van der Waals surface area (Å²) in [6, 6.07) is 18.1. The van der Waals surface area contributed by atoms with Crippen LogP contribution in [0.15, 0.2) is 77.7 Å². The second-order valence-electron chi connectivity index (χ2n) is 7.72. The van der Waals surface area contributed by atoms with Gasteiger partial charge in [0.2, 0.25) is 5.60 Å². The number of hydrogen-bond donors (Lipinski definition) is 4. The molecule has 3 aromatic carbocycles. The van der Waals surface area contributed by atoms with Gasteiger partial charge in [-0.3, -0.25) is 9.89 Å². The molecule has 0 aliphatic carbocycles. The summed E-state index contributed by atoms with van der Waals surface area (Å²) in [5.41, 5.74) is -0.836. The Hall–Kier alpha value is -4.29. The summed E-state index contributed by atoms with van der Waals surface area (Å²) in [4.78, 5) is 24.0. The average molecular weight is 497 g/mol. The van der Waals surface area contributed by atoms with Crippen LogP contribution in [0.5, 0.6) is 5.75 Å². The Morgan fingerprint density at radius 1 is 1.03 bits per heavy atom. The number of para-hydroxylation sites is 1. The van der Waals surface area contributed by atoms with Crippen molar-refractivity contribution in [2.24, 2.45) is 0 Å². The minimum atomic E-state index is -4.22. The molecular weight excluding hydrogens is 476 g/mol. The standard InChI is InChI=1S/C23H20N4O7S/c28-21(15-6-11-19-20(12-15)26-27-25-19)24-16-7-9-18(10-8-16)35(32,33)14-23(31,22(29)30)13-34-17-4-2-1-3-5-17/h1-12,31H,13-14H2,(H,24,28)(H,29,30)(H,25,26,27). The van der Waals surface area contributed by atoms with Crippen molar-refractivity contribution in [1.82, 2.24) is 15.4 Å². The highest BCUT2D eigenvalue weighted by molar-refractivity contribution is 7.91. The monoisotopic (exact) mass is 496 g/mol. The van der Waals surface area contributed by atoms with Crippen LogP contribution >= 0.6 is 0 Å². The summed E-state index contributed by atoms with van der Waals surface area (Å²) in [7, 11) is -4.22. The number of carboxylic acids is 1. The first-order valence-electron chi connectivity index (χ1n) is 10.2. The van der Waals surface area contributed by atoms with Gasteiger partial charge in [-0.1, -0.05) is 23.4 Å².